The molecule has 9 nitrogen and oxygen atoms in total. The van der Waals surface area contributed by atoms with Crippen molar-refractivity contribution in [3.63, 3.8) is 0 Å². The molecule has 0 amide bonds. The number of phosphoric acid groups is 1. The highest BCUT2D eigenvalue weighted by Crippen LogP contribution is 2.43. The SMILES string of the molecule is CC/C=C\C/C=C\C/C=C\C/C=C\C/C=C\C/C=C\C/C=C\CCCCCCCCCCCCCCCC(=O)OC(COC(=O)CCCCCCCCCCCCCCCCCCCC/C=C\C/C=C\C/C=C\C/C=C\CC)COP(=O)(O)OCCN. The number of rotatable bonds is 66. The summed E-state index contributed by atoms with van der Waals surface area (Å²) in [6, 6.07) is 0. The van der Waals surface area contributed by atoms with Gasteiger partial charge in [-0.05, 0) is 109 Å². The Hall–Kier alpha value is -3.85. The molecular formula is C77H132NO8P. The zero-order chi connectivity index (χ0) is 63.0. The van der Waals surface area contributed by atoms with Crippen molar-refractivity contribution in [2.75, 3.05) is 26.4 Å². The Kier molecular flexibility index (Phi) is 68.1. The first kappa shape index (κ1) is 83.2. The number of carbonyl (C=O) groups is 2. The number of ether oxygens (including phenoxy) is 2. The van der Waals surface area contributed by atoms with Gasteiger partial charge in [0.2, 0.25) is 0 Å². The Balaban J connectivity index is 3.89. The molecule has 2 atom stereocenters. The van der Waals surface area contributed by atoms with E-state index in [0.717, 1.165) is 109 Å². The molecular weight excluding hydrogens is 1100 g/mol. The molecule has 0 aromatic rings. The Morgan fingerprint density at radius 1 is 0.345 bits per heavy atom. The minimum Gasteiger partial charge on any atom is -0.462 e. The van der Waals surface area contributed by atoms with Crippen molar-refractivity contribution in [1.82, 2.24) is 0 Å². The van der Waals surface area contributed by atoms with Gasteiger partial charge in [-0.3, -0.25) is 18.6 Å². The molecule has 0 saturated carbocycles. The number of nitrogens with two attached hydrogens (primary N) is 1. The largest absolute Gasteiger partial charge is 0.472 e. The van der Waals surface area contributed by atoms with Gasteiger partial charge in [-0.1, -0.05) is 321 Å². The Labute approximate surface area is 535 Å². The first-order valence-corrected chi connectivity index (χ1v) is 37.2. The van der Waals surface area contributed by atoms with Crippen molar-refractivity contribution in [3.8, 4) is 0 Å². The van der Waals surface area contributed by atoms with Crippen molar-refractivity contribution >= 4 is 19.8 Å². The quantitative estimate of drug-likeness (QED) is 0.0264. The van der Waals surface area contributed by atoms with E-state index in [4.69, 9.17) is 24.3 Å². The second kappa shape index (κ2) is 71.2. The Morgan fingerprint density at radius 3 is 0.885 bits per heavy atom. The molecule has 498 valence electrons. The highest BCUT2D eigenvalue weighted by Gasteiger charge is 2.26. The third kappa shape index (κ3) is 71.1. The van der Waals surface area contributed by atoms with E-state index in [9.17, 15) is 19.0 Å². The van der Waals surface area contributed by atoms with E-state index in [-0.39, 0.29) is 38.6 Å². The molecule has 0 rings (SSSR count). The summed E-state index contributed by atoms with van der Waals surface area (Å²) in [5, 5.41) is 0. The van der Waals surface area contributed by atoms with Crippen LogP contribution in [0.3, 0.4) is 0 Å². The maximum Gasteiger partial charge on any atom is 0.472 e. The number of esters is 2. The number of carbonyl (C=O) groups excluding carboxylic acids is 2. The Morgan fingerprint density at radius 2 is 0.598 bits per heavy atom. The summed E-state index contributed by atoms with van der Waals surface area (Å²) in [7, 11) is -4.40. The summed E-state index contributed by atoms with van der Waals surface area (Å²) < 4.78 is 33.2. The fourth-order valence-corrected chi connectivity index (χ4v) is 10.6. The predicted molar refractivity (Wildman–Crippen MR) is 376 cm³/mol. The van der Waals surface area contributed by atoms with Crippen molar-refractivity contribution in [3.05, 3.63) is 134 Å². The van der Waals surface area contributed by atoms with E-state index < -0.39 is 26.5 Å². The molecule has 0 aromatic carbocycles. The molecule has 0 aliphatic carbocycles. The fourth-order valence-electron chi connectivity index (χ4n) is 9.85. The lowest BCUT2D eigenvalue weighted by atomic mass is 10.0. The third-order valence-corrected chi connectivity index (χ3v) is 16.0. The monoisotopic (exact) mass is 1230 g/mol. The predicted octanol–water partition coefficient (Wildman–Crippen LogP) is 23.6. The van der Waals surface area contributed by atoms with Gasteiger partial charge >= 0.3 is 19.8 Å². The van der Waals surface area contributed by atoms with Crippen LogP contribution in [0.25, 0.3) is 0 Å². The van der Waals surface area contributed by atoms with E-state index >= 15 is 0 Å². The smallest absolute Gasteiger partial charge is 0.462 e. The van der Waals surface area contributed by atoms with E-state index in [2.05, 4.69) is 148 Å². The lowest BCUT2D eigenvalue weighted by Gasteiger charge is -2.19. The zero-order valence-electron chi connectivity index (χ0n) is 56.0. The van der Waals surface area contributed by atoms with Gasteiger partial charge in [-0.25, -0.2) is 4.57 Å². The maximum atomic E-state index is 12.8. The highest BCUT2D eigenvalue weighted by atomic mass is 31.2. The molecule has 87 heavy (non-hydrogen) atoms. The summed E-state index contributed by atoms with van der Waals surface area (Å²) in [6.45, 7) is 3.54. The van der Waals surface area contributed by atoms with E-state index in [0.29, 0.717) is 6.42 Å². The van der Waals surface area contributed by atoms with Gasteiger partial charge < -0.3 is 20.1 Å². The number of hydrogen-bond donors (Lipinski definition) is 2. The van der Waals surface area contributed by atoms with Crippen molar-refractivity contribution in [2.45, 2.75) is 315 Å². The average molecular weight is 1230 g/mol. The summed E-state index contributed by atoms with van der Waals surface area (Å²) in [6.07, 6.45) is 101. The second-order valence-corrected chi connectivity index (χ2v) is 24.8. The van der Waals surface area contributed by atoms with Crippen molar-refractivity contribution < 1.29 is 37.6 Å². The minimum absolute atomic E-state index is 0.0493. The highest BCUT2D eigenvalue weighted by molar-refractivity contribution is 7.47. The molecule has 0 aliphatic heterocycles. The van der Waals surface area contributed by atoms with Gasteiger partial charge in [0.1, 0.15) is 6.61 Å². The molecule has 10 heteroatoms. The number of unbranched alkanes of at least 4 members (excludes halogenated alkanes) is 31. The normalized spacial score (nSPS) is 13.7. The van der Waals surface area contributed by atoms with Crippen molar-refractivity contribution in [2.24, 2.45) is 5.73 Å². The summed E-state index contributed by atoms with van der Waals surface area (Å²) >= 11 is 0. The van der Waals surface area contributed by atoms with Gasteiger partial charge in [-0.2, -0.15) is 0 Å². The molecule has 0 aliphatic rings. The third-order valence-electron chi connectivity index (χ3n) is 15.0. The first-order chi connectivity index (χ1) is 42.8. The van der Waals surface area contributed by atoms with Crippen LogP contribution in [0.4, 0.5) is 0 Å². The second-order valence-electron chi connectivity index (χ2n) is 23.3. The van der Waals surface area contributed by atoms with Crippen LogP contribution in [-0.4, -0.2) is 49.3 Å². The van der Waals surface area contributed by atoms with E-state index in [1.807, 2.05) is 0 Å². The number of phosphoric ester groups is 1. The molecule has 0 saturated heterocycles. The Bertz CT molecular complexity index is 1890. The topological polar surface area (TPSA) is 134 Å². The molecule has 3 N–H and O–H groups in total. The first-order valence-electron chi connectivity index (χ1n) is 35.7. The van der Waals surface area contributed by atoms with Gasteiger partial charge in [0.25, 0.3) is 0 Å². The molecule has 2 unspecified atom stereocenters. The lowest BCUT2D eigenvalue weighted by Crippen LogP contribution is -2.29. The molecule has 0 radical (unpaired) electrons. The lowest BCUT2D eigenvalue weighted by molar-refractivity contribution is -0.161. The van der Waals surface area contributed by atoms with Crippen molar-refractivity contribution in [1.29, 1.82) is 0 Å². The van der Waals surface area contributed by atoms with Gasteiger partial charge in [-0.15, -0.1) is 0 Å². The molecule has 0 fully saturated rings. The average Bonchev–Trinajstić information content (AvgIpc) is 3.64. The van der Waals surface area contributed by atoms with E-state index in [1.54, 1.807) is 0 Å². The maximum absolute atomic E-state index is 12.8. The van der Waals surface area contributed by atoms with Crippen LogP contribution in [-0.2, 0) is 32.7 Å². The van der Waals surface area contributed by atoms with Crippen LogP contribution >= 0.6 is 7.82 Å². The summed E-state index contributed by atoms with van der Waals surface area (Å²) in [5.74, 6) is -0.824. The van der Waals surface area contributed by atoms with Crippen LogP contribution in [0.2, 0.25) is 0 Å². The number of allylic oxidation sites excluding steroid dienone is 22. The van der Waals surface area contributed by atoms with Gasteiger partial charge in [0.05, 0.1) is 13.2 Å². The van der Waals surface area contributed by atoms with Crippen LogP contribution in [0.15, 0.2) is 134 Å². The summed E-state index contributed by atoms with van der Waals surface area (Å²) in [5.41, 5.74) is 5.41. The zero-order valence-corrected chi connectivity index (χ0v) is 56.9. The number of hydrogen-bond acceptors (Lipinski definition) is 8. The van der Waals surface area contributed by atoms with Gasteiger partial charge in [0, 0.05) is 19.4 Å². The van der Waals surface area contributed by atoms with Crippen LogP contribution in [0, 0.1) is 0 Å². The molecule has 0 bridgehead atoms. The minimum atomic E-state index is -4.40. The van der Waals surface area contributed by atoms with Gasteiger partial charge in [0.15, 0.2) is 6.10 Å². The van der Waals surface area contributed by atoms with E-state index in [1.165, 1.54) is 167 Å². The molecule has 0 aromatic heterocycles. The standard InChI is InChI=1S/C77H132NO8P/c1-3-5-7-9-11-13-15-17-19-21-23-25-27-29-31-33-35-36-37-38-40-42-44-46-48-50-52-54-56-58-60-62-64-66-68-70-77(80)86-75(74-85-87(81,82)84-72-71-78)73-83-76(79)69-67-65-63-61-59-57-55-53-51-49-47-45-43-41-39-34-32-30-28-26-24-22-20-18-16-14-12-10-8-6-4-2/h5-8,11-14,17-20,23-26,29,31,35-36,38,40,75H,3-4,9-10,15-16,21-22,27-28,30,32-34,37,39,41-74,78H2,1-2H3,(H,81,82)/b7-5-,8-6-,13-11-,14-12-,19-17-,20-18-,25-23-,26-24-,31-29-,36-35-,40-38-. The van der Waals surface area contributed by atoms with Crippen LogP contribution in [0.1, 0.15) is 309 Å². The van der Waals surface area contributed by atoms with Crippen LogP contribution < -0.4 is 5.73 Å². The fraction of sp³-hybridized carbons (Fsp3) is 0.688. The van der Waals surface area contributed by atoms with Crippen LogP contribution in [0.5, 0.6) is 0 Å². The molecule has 0 heterocycles. The molecule has 0 spiro atoms. The summed E-state index contributed by atoms with van der Waals surface area (Å²) in [4.78, 5) is 35.4.